The van der Waals surface area contributed by atoms with Gasteiger partial charge in [0.1, 0.15) is 12.1 Å². The van der Waals surface area contributed by atoms with E-state index in [1.165, 1.54) is 0 Å². The molecular weight excluding hydrogens is 444 g/mol. The van der Waals surface area contributed by atoms with Crippen LogP contribution in [0.25, 0.3) is 16.4 Å². The van der Waals surface area contributed by atoms with Gasteiger partial charge in [0.15, 0.2) is 0 Å². The summed E-state index contributed by atoms with van der Waals surface area (Å²) in [4.78, 5) is 17.4. The molecule has 3 fully saturated rings. The second-order valence-corrected chi connectivity index (χ2v) is 10.5. The van der Waals surface area contributed by atoms with E-state index >= 15 is 0 Å². The van der Waals surface area contributed by atoms with E-state index < -0.39 is 0 Å². The van der Waals surface area contributed by atoms with E-state index in [4.69, 9.17) is 9.84 Å². The molecule has 9 nitrogen and oxygen atoms in total. The molecule has 0 aliphatic heterocycles. The van der Waals surface area contributed by atoms with E-state index in [-0.39, 0.29) is 18.1 Å². The Labute approximate surface area is 202 Å². The molecule has 3 aliphatic carbocycles. The fraction of sp³-hybridized carbons (Fsp3) is 0.462. The van der Waals surface area contributed by atoms with Crippen LogP contribution >= 0.6 is 0 Å². The lowest BCUT2D eigenvalue weighted by Gasteiger charge is -2.49. The molecule has 180 valence electrons. The number of fused-ring (bicyclic) bond motifs is 2. The number of aliphatic hydroxyl groups is 1. The zero-order chi connectivity index (χ0) is 23.6. The third kappa shape index (κ3) is 3.74. The number of nitrogens with one attached hydrogen (secondary N) is 1. The average Bonchev–Trinajstić information content (AvgIpc) is 3.42. The number of carbonyl (C=O) groups is 1. The SMILES string of the molecule is O=C(Nc1cnn2cnccc12)c1cc2cn(C3CCC4(CC3)CC(O)C4)nc2cc1OC1CC1. The smallest absolute Gasteiger partial charge is 0.259 e. The summed E-state index contributed by atoms with van der Waals surface area (Å²) in [5.41, 5.74) is 3.11. The van der Waals surface area contributed by atoms with Crippen molar-refractivity contribution in [2.45, 2.75) is 69.6 Å². The highest BCUT2D eigenvalue weighted by Crippen LogP contribution is 2.53. The lowest BCUT2D eigenvalue weighted by Crippen LogP contribution is -2.43. The van der Waals surface area contributed by atoms with Crippen molar-refractivity contribution in [3.8, 4) is 5.75 Å². The zero-order valence-electron chi connectivity index (χ0n) is 19.4. The Hall–Kier alpha value is -3.46. The Kier molecular flexibility index (Phi) is 4.64. The normalized spacial score (nSPS) is 26.2. The van der Waals surface area contributed by atoms with Crippen molar-refractivity contribution in [1.82, 2.24) is 24.4 Å². The van der Waals surface area contributed by atoms with Crippen LogP contribution in [0.4, 0.5) is 5.69 Å². The van der Waals surface area contributed by atoms with E-state index in [2.05, 4.69) is 26.3 Å². The molecule has 1 amide bonds. The number of carbonyl (C=O) groups excluding carboxylic acids is 1. The Balaban J connectivity index is 1.17. The Morgan fingerprint density at radius 2 is 2.00 bits per heavy atom. The van der Waals surface area contributed by atoms with E-state index in [0.29, 0.717) is 28.5 Å². The van der Waals surface area contributed by atoms with Crippen molar-refractivity contribution in [3.05, 3.63) is 48.7 Å². The van der Waals surface area contributed by atoms with Crippen LogP contribution in [-0.4, -0.2) is 47.6 Å². The summed E-state index contributed by atoms with van der Waals surface area (Å²) in [7, 11) is 0. The van der Waals surface area contributed by atoms with Gasteiger partial charge in [-0.05, 0) is 68.9 Å². The van der Waals surface area contributed by atoms with Crippen LogP contribution in [0.2, 0.25) is 0 Å². The van der Waals surface area contributed by atoms with Crippen LogP contribution in [0.15, 0.2) is 43.1 Å². The molecule has 0 unspecified atom stereocenters. The molecule has 35 heavy (non-hydrogen) atoms. The molecule has 0 radical (unpaired) electrons. The minimum Gasteiger partial charge on any atom is -0.490 e. The monoisotopic (exact) mass is 472 g/mol. The fourth-order valence-electron chi connectivity index (χ4n) is 5.86. The molecule has 3 aliphatic rings. The van der Waals surface area contributed by atoms with Crippen molar-refractivity contribution in [2.75, 3.05) is 5.32 Å². The molecule has 0 saturated heterocycles. The van der Waals surface area contributed by atoms with Crippen molar-refractivity contribution >= 4 is 28.0 Å². The fourth-order valence-corrected chi connectivity index (χ4v) is 5.86. The summed E-state index contributed by atoms with van der Waals surface area (Å²) in [5, 5.41) is 22.8. The first-order chi connectivity index (χ1) is 17.1. The number of amides is 1. The molecule has 3 saturated carbocycles. The number of aromatic nitrogens is 5. The first-order valence-electron chi connectivity index (χ1n) is 12.5. The number of anilines is 1. The standard InChI is InChI=1S/C26H28N6O3/c33-18-11-26(12-18)6-3-17(4-7-26)31-14-16-9-20(24(10-21(16)30-31)35-19-1-2-19)25(34)29-22-13-28-32-15-27-8-5-23(22)32/h5,8-10,13-15,17-19,33H,1-4,6-7,11-12H2,(H,29,34). The van der Waals surface area contributed by atoms with Gasteiger partial charge in [0.05, 0.1) is 46.7 Å². The number of nitrogens with zero attached hydrogens (tertiary/aromatic N) is 5. The van der Waals surface area contributed by atoms with Crippen LogP contribution in [0.3, 0.4) is 0 Å². The number of hydrogen-bond donors (Lipinski definition) is 2. The molecule has 3 aromatic heterocycles. The van der Waals surface area contributed by atoms with Crippen molar-refractivity contribution in [1.29, 1.82) is 0 Å². The summed E-state index contributed by atoms with van der Waals surface area (Å²) < 4.78 is 9.85. The van der Waals surface area contributed by atoms with E-state index in [9.17, 15) is 9.90 Å². The highest BCUT2D eigenvalue weighted by Gasteiger charge is 2.45. The number of hydrogen-bond acceptors (Lipinski definition) is 6. The Morgan fingerprint density at radius 3 is 2.77 bits per heavy atom. The molecule has 9 heteroatoms. The minimum absolute atomic E-state index is 0.106. The molecule has 0 atom stereocenters. The second-order valence-electron chi connectivity index (χ2n) is 10.5. The number of aliphatic hydroxyl groups excluding tert-OH is 1. The van der Waals surface area contributed by atoms with E-state index in [0.717, 1.165) is 67.8 Å². The molecule has 4 aromatic rings. The van der Waals surface area contributed by atoms with Gasteiger partial charge in [-0.2, -0.15) is 10.2 Å². The topological polar surface area (TPSA) is 107 Å². The van der Waals surface area contributed by atoms with Gasteiger partial charge in [0.2, 0.25) is 0 Å². The lowest BCUT2D eigenvalue weighted by molar-refractivity contribution is -0.0611. The van der Waals surface area contributed by atoms with Crippen molar-refractivity contribution < 1.29 is 14.6 Å². The van der Waals surface area contributed by atoms with Gasteiger partial charge in [-0.1, -0.05) is 0 Å². The molecule has 2 N–H and O–H groups in total. The van der Waals surface area contributed by atoms with Crippen LogP contribution in [0, 0.1) is 5.41 Å². The number of rotatable bonds is 5. The van der Waals surface area contributed by atoms with Crippen LogP contribution in [-0.2, 0) is 0 Å². The maximum atomic E-state index is 13.4. The molecule has 1 spiro atoms. The van der Waals surface area contributed by atoms with Gasteiger partial charge in [0, 0.05) is 23.8 Å². The maximum Gasteiger partial charge on any atom is 0.259 e. The zero-order valence-corrected chi connectivity index (χ0v) is 19.4. The summed E-state index contributed by atoms with van der Waals surface area (Å²) in [6.45, 7) is 0. The van der Waals surface area contributed by atoms with Gasteiger partial charge in [0.25, 0.3) is 5.91 Å². The second kappa shape index (κ2) is 7.78. The minimum atomic E-state index is -0.231. The van der Waals surface area contributed by atoms with Gasteiger partial charge < -0.3 is 15.2 Å². The summed E-state index contributed by atoms with van der Waals surface area (Å²) >= 11 is 0. The van der Waals surface area contributed by atoms with Crippen molar-refractivity contribution in [2.24, 2.45) is 5.41 Å². The molecule has 3 heterocycles. The predicted molar refractivity (Wildman–Crippen MR) is 130 cm³/mol. The largest absolute Gasteiger partial charge is 0.490 e. The quantitative estimate of drug-likeness (QED) is 0.452. The Morgan fingerprint density at radius 1 is 1.17 bits per heavy atom. The van der Waals surface area contributed by atoms with Crippen LogP contribution in [0.5, 0.6) is 5.75 Å². The number of ether oxygens (including phenoxy) is 1. The average molecular weight is 473 g/mol. The highest BCUT2D eigenvalue weighted by molar-refractivity contribution is 6.09. The summed E-state index contributed by atoms with van der Waals surface area (Å²) in [5.74, 6) is 0.345. The van der Waals surface area contributed by atoms with E-state index in [1.54, 1.807) is 23.2 Å². The van der Waals surface area contributed by atoms with Gasteiger partial charge in [-0.3, -0.25) is 9.48 Å². The third-order valence-corrected chi connectivity index (χ3v) is 7.99. The summed E-state index contributed by atoms with van der Waals surface area (Å²) in [6, 6.07) is 5.97. The maximum absolute atomic E-state index is 13.4. The number of benzene rings is 1. The first-order valence-corrected chi connectivity index (χ1v) is 12.5. The highest BCUT2D eigenvalue weighted by atomic mass is 16.5. The van der Waals surface area contributed by atoms with Crippen LogP contribution in [0.1, 0.15) is 67.8 Å². The molecule has 0 bridgehead atoms. The van der Waals surface area contributed by atoms with Gasteiger partial charge in [-0.15, -0.1) is 0 Å². The van der Waals surface area contributed by atoms with Gasteiger partial charge >= 0.3 is 0 Å². The van der Waals surface area contributed by atoms with E-state index in [1.807, 2.05) is 18.2 Å². The lowest BCUT2D eigenvalue weighted by atomic mass is 9.59. The Bertz CT molecular complexity index is 1420. The van der Waals surface area contributed by atoms with Crippen molar-refractivity contribution in [3.63, 3.8) is 0 Å². The van der Waals surface area contributed by atoms with Crippen LogP contribution < -0.4 is 10.1 Å². The predicted octanol–water partition coefficient (Wildman–Crippen LogP) is 4.13. The van der Waals surface area contributed by atoms with Gasteiger partial charge in [-0.25, -0.2) is 9.50 Å². The molecule has 7 rings (SSSR count). The third-order valence-electron chi connectivity index (χ3n) is 7.99. The summed E-state index contributed by atoms with van der Waals surface area (Å²) in [6.07, 6.45) is 15.4. The first kappa shape index (κ1) is 20.9. The molecular formula is C26H28N6O3. The molecule has 1 aromatic carbocycles.